The molecule has 2 N–H and O–H groups in total. The van der Waals surface area contributed by atoms with Crippen LogP contribution >= 0.6 is 0 Å². The average Bonchev–Trinajstić information content (AvgIpc) is 3.08. The predicted molar refractivity (Wildman–Crippen MR) is 128 cm³/mol. The van der Waals surface area contributed by atoms with Gasteiger partial charge in [-0.1, -0.05) is 17.7 Å². The van der Waals surface area contributed by atoms with Crippen LogP contribution in [0.3, 0.4) is 0 Å². The predicted octanol–water partition coefficient (Wildman–Crippen LogP) is 5.15. The zero-order valence-electron chi connectivity index (χ0n) is 18.8. The molecule has 0 bridgehead atoms. The molecule has 0 fully saturated rings. The van der Waals surface area contributed by atoms with E-state index in [9.17, 15) is 4.79 Å². The van der Waals surface area contributed by atoms with E-state index in [4.69, 9.17) is 9.72 Å². The average molecular weight is 440 g/mol. The molecule has 0 radical (unpaired) electrons. The fourth-order valence-corrected chi connectivity index (χ4v) is 4.25. The summed E-state index contributed by atoms with van der Waals surface area (Å²) in [6.45, 7) is 7.46. The molecule has 0 saturated heterocycles. The second-order valence-electron chi connectivity index (χ2n) is 8.17. The minimum absolute atomic E-state index is 0.0338. The van der Waals surface area contributed by atoms with Crippen LogP contribution < -0.4 is 15.4 Å². The highest BCUT2D eigenvalue weighted by atomic mass is 16.5. The summed E-state index contributed by atoms with van der Waals surface area (Å²) in [6.07, 6.45) is 1.73. The summed E-state index contributed by atoms with van der Waals surface area (Å²) in [5.41, 5.74) is 6.51. The molecular formula is C26H25N5O2. The van der Waals surface area contributed by atoms with Gasteiger partial charge in [-0.2, -0.15) is 0 Å². The van der Waals surface area contributed by atoms with Crippen molar-refractivity contribution >= 4 is 17.5 Å². The first-order chi connectivity index (χ1) is 16.0. The Morgan fingerprint density at radius 3 is 2.36 bits per heavy atom. The van der Waals surface area contributed by atoms with Gasteiger partial charge in [0, 0.05) is 36.2 Å². The van der Waals surface area contributed by atoms with Crippen LogP contribution in [-0.4, -0.2) is 27.0 Å². The van der Waals surface area contributed by atoms with E-state index >= 15 is 0 Å². The van der Waals surface area contributed by atoms with Gasteiger partial charge in [-0.3, -0.25) is 4.79 Å². The Bertz CT molecular complexity index is 1320. The Morgan fingerprint density at radius 1 is 0.970 bits per heavy atom. The number of amides is 1. The smallest absolute Gasteiger partial charge is 0.268 e. The molecule has 2 aromatic carbocycles. The monoisotopic (exact) mass is 439 g/mol. The number of rotatable bonds is 5. The zero-order valence-corrected chi connectivity index (χ0v) is 18.8. The SMILES string of the molecule is Cc1ccc(Oc2ccc(Nc3nccc(-c4c(C)c5n(c4C)CCNC5=O)n3)cc2)cc1. The molecule has 1 aliphatic heterocycles. The molecule has 166 valence electrons. The third-order valence-electron chi connectivity index (χ3n) is 5.88. The van der Waals surface area contributed by atoms with Crippen molar-refractivity contribution in [3.05, 3.63) is 83.3 Å². The van der Waals surface area contributed by atoms with Gasteiger partial charge in [-0.25, -0.2) is 9.97 Å². The van der Waals surface area contributed by atoms with Crippen LogP contribution in [0.5, 0.6) is 11.5 Å². The van der Waals surface area contributed by atoms with E-state index in [0.29, 0.717) is 18.2 Å². The molecule has 4 aromatic rings. The largest absolute Gasteiger partial charge is 0.457 e. The lowest BCUT2D eigenvalue weighted by Gasteiger charge is -2.17. The summed E-state index contributed by atoms with van der Waals surface area (Å²) in [7, 11) is 0. The molecule has 0 saturated carbocycles. The number of anilines is 2. The summed E-state index contributed by atoms with van der Waals surface area (Å²) in [6, 6.07) is 17.5. The second kappa shape index (κ2) is 8.43. The lowest BCUT2D eigenvalue weighted by Crippen LogP contribution is -2.35. The zero-order chi connectivity index (χ0) is 22.9. The van der Waals surface area contributed by atoms with Gasteiger partial charge in [0.1, 0.15) is 17.2 Å². The highest BCUT2D eigenvalue weighted by molar-refractivity contribution is 5.97. The number of carbonyl (C=O) groups is 1. The number of fused-ring (bicyclic) bond motifs is 1. The molecule has 5 rings (SSSR count). The van der Waals surface area contributed by atoms with Crippen molar-refractivity contribution in [3.8, 4) is 22.8 Å². The summed E-state index contributed by atoms with van der Waals surface area (Å²) >= 11 is 0. The minimum Gasteiger partial charge on any atom is -0.457 e. The molecular weight excluding hydrogens is 414 g/mol. The molecule has 1 aliphatic rings. The molecule has 3 heterocycles. The van der Waals surface area contributed by atoms with Gasteiger partial charge in [0.15, 0.2) is 0 Å². The Morgan fingerprint density at radius 2 is 1.67 bits per heavy atom. The lowest BCUT2D eigenvalue weighted by atomic mass is 10.1. The number of aromatic nitrogens is 3. The van der Waals surface area contributed by atoms with E-state index in [1.165, 1.54) is 5.56 Å². The second-order valence-corrected chi connectivity index (χ2v) is 8.17. The number of ether oxygens (including phenoxy) is 1. The van der Waals surface area contributed by atoms with Gasteiger partial charge in [-0.15, -0.1) is 0 Å². The van der Waals surface area contributed by atoms with Crippen LogP contribution in [-0.2, 0) is 6.54 Å². The molecule has 0 aliphatic carbocycles. The van der Waals surface area contributed by atoms with Crippen LogP contribution in [0.2, 0.25) is 0 Å². The summed E-state index contributed by atoms with van der Waals surface area (Å²) in [5.74, 6) is 2.01. The number of nitrogens with one attached hydrogen (secondary N) is 2. The van der Waals surface area contributed by atoms with Gasteiger partial charge in [0.2, 0.25) is 5.95 Å². The highest BCUT2D eigenvalue weighted by Gasteiger charge is 2.26. The number of aryl methyl sites for hydroxylation is 1. The number of hydrogen-bond acceptors (Lipinski definition) is 5. The van der Waals surface area contributed by atoms with Crippen molar-refractivity contribution in [3.63, 3.8) is 0 Å². The Hall–Kier alpha value is -4.13. The number of nitrogens with zero attached hydrogens (tertiary/aromatic N) is 3. The normalized spacial score (nSPS) is 12.8. The van der Waals surface area contributed by atoms with Crippen LogP contribution in [0, 0.1) is 20.8 Å². The molecule has 7 nitrogen and oxygen atoms in total. The maximum Gasteiger partial charge on any atom is 0.268 e. The van der Waals surface area contributed by atoms with Crippen LogP contribution in [0.1, 0.15) is 27.3 Å². The topological polar surface area (TPSA) is 81.1 Å². The third-order valence-corrected chi connectivity index (χ3v) is 5.88. The highest BCUT2D eigenvalue weighted by Crippen LogP contribution is 2.32. The standard InChI is InChI=1S/C26H25N5O2/c1-16-4-8-20(9-5-16)33-21-10-6-19(7-11-21)29-26-28-13-12-22(30-26)23-17(2)24-25(32)27-14-15-31(24)18(23)3/h4-13H,14-15H2,1-3H3,(H,27,32)(H,28,29,30). The van der Waals surface area contributed by atoms with Crippen molar-refractivity contribution in [2.45, 2.75) is 27.3 Å². The molecule has 0 unspecified atom stereocenters. The third kappa shape index (κ3) is 4.05. The summed E-state index contributed by atoms with van der Waals surface area (Å²) in [4.78, 5) is 21.5. The number of carbonyl (C=O) groups excluding carboxylic acids is 1. The molecule has 0 spiro atoms. The number of hydrogen-bond donors (Lipinski definition) is 2. The first-order valence-corrected chi connectivity index (χ1v) is 10.9. The van der Waals surface area contributed by atoms with E-state index in [0.717, 1.165) is 46.2 Å². The first-order valence-electron chi connectivity index (χ1n) is 10.9. The quantitative estimate of drug-likeness (QED) is 0.449. The van der Waals surface area contributed by atoms with E-state index < -0.39 is 0 Å². The van der Waals surface area contributed by atoms with Gasteiger partial charge in [-0.05, 0) is 68.8 Å². The van der Waals surface area contributed by atoms with Crippen molar-refractivity contribution in [1.82, 2.24) is 19.9 Å². The van der Waals surface area contributed by atoms with E-state index in [1.54, 1.807) is 6.20 Å². The fourth-order valence-electron chi connectivity index (χ4n) is 4.25. The van der Waals surface area contributed by atoms with Crippen LogP contribution in [0.15, 0.2) is 60.8 Å². The van der Waals surface area contributed by atoms with Crippen molar-refractivity contribution in [2.75, 3.05) is 11.9 Å². The molecule has 7 heteroatoms. The van der Waals surface area contributed by atoms with Crippen molar-refractivity contribution < 1.29 is 9.53 Å². The van der Waals surface area contributed by atoms with Crippen LogP contribution in [0.4, 0.5) is 11.6 Å². The maximum atomic E-state index is 12.4. The molecule has 0 atom stereocenters. The van der Waals surface area contributed by atoms with Crippen molar-refractivity contribution in [1.29, 1.82) is 0 Å². The fraction of sp³-hybridized carbons (Fsp3) is 0.192. The van der Waals surface area contributed by atoms with Crippen molar-refractivity contribution in [2.24, 2.45) is 0 Å². The molecule has 1 amide bonds. The molecule has 2 aromatic heterocycles. The maximum absolute atomic E-state index is 12.4. The lowest BCUT2D eigenvalue weighted by molar-refractivity contribution is 0.0926. The van der Waals surface area contributed by atoms with E-state index in [-0.39, 0.29) is 5.91 Å². The first kappa shape index (κ1) is 20.8. The Labute approximate surface area is 192 Å². The summed E-state index contributed by atoms with van der Waals surface area (Å²) in [5, 5.41) is 6.18. The number of benzene rings is 2. The Balaban J connectivity index is 1.36. The van der Waals surface area contributed by atoms with Gasteiger partial charge in [0.25, 0.3) is 5.91 Å². The minimum atomic E-state index is -0.0338. The van der Waals surface area contributed by atoms with E-state index in [1.807, 2.05) is 75.4 Å². The van der Waals surface area contributed by atoms with Gasteiger partial charge in [0.05, 0.1) is 5.69 Å². The van der Waals surface area contributed by atoms with E-state index in [2.05, 4.69) is 20.2 Å². The summed E-state index contributed by atoms with van der Waals surface area (Å²) < 4.78 is 7.97. The Kier molecular flexibility index (Phi) is 5.30. The van der Waals surface area contributed by atoms with Gasteiger partial charge < -0.3 is 19.9 Å². The van der Waals surface area contributed by atoms with Gasteiger partial charge >= 0.3 is 0 Å². The molecule has 33 heavy (non-hydrogen) atoms. The van der Waals surface area contributed by atoms with Crippen LogP contribution in [0.25, 0.3) is 11.3 Å².